The first kappa shape index (κ1) is 12.1. The predicted molar refractivity (Wildman–Crippen MR) is 74.2 cm³/mol. The van der Waals surface area contributed by atoms with E-state index >= 15 is 0 Å². The highest BCUT2D eigenvalue weighted by molar-refractivity contribution is 9.10. The fraction of sp³-hybridized carbons (Fsp3) is 0.167. The molecule has 0 aliphatic heterocycles. The molecule has 0 bridgehead atoms. The minimum absolute atomic E-state index is 0.164. The van der Waals surface area contributed by atoms with E-state index in [-0.39, 0.29) is 6.04 Å². The lowest BCUT2D eigenvalue weighted by atomic mass is 10.0. The maximum Gasteiger partial charge on any atom is 0.0672 e. The summed E-state index contributed by atoms with van der Waals surface area (Å²) < 4.78 is 1.03. The summed E-state index contributed by atoms with van der Waals surface area (Å²) in [5, 5.41) is 2.70. The molecule has 0 radical (unpaired) electrons. The molecule has 0 saturated heterocycles. The molecule has 1 heterocycles. The van der Waals surface area contributed by atoms with Gasteiger partial charge in [0.15, 0.2) is 0 Å². The monoisotopic (exact) mass is 315 g/mol. The molecule has 0 spiro atoms. The molecule has 2 rings (SSSR count). The normalized spacial score (nSPS) is 12.8. The van der Waals surface area contributed by atoms with Gasteiger partial charge in [-0.2, -0.15) is 0 Å². The molecule has 1 atom stereocenters. The fourth-order valence-electron chi connectivity index (χ4n) is 1.55. The van der Waals surface area contributed by atoms with E-state index in [9.17, 15) is 0 Å². The Hall–Kier alpha value is -0.350. The highest BCUT2D eigenvalue weighted by atomic mass is 79.9. The van der Waals surface area contributed by atoms with E-state index in [1.165, 1.54) is 5.56 Å². The molecule has 0 fully saturated rings. The van der Waals surface area contributed by atoms with Gasteiger partial charge in [0.05, 0.1) is 11.1 Å². The number of aryl methyl sites for hydroxylation is 1. The van der Waals surface area contributed by atoms with E-state index in [1.807, 2.05) is 17.5 Å². The molecule has 16 heavy (non-hydrogen) atoms. The van der Waals surface area contributed by atoms with Crippen molar-refractivity contribution < 1.29 is 0 Å². The number of hydrogen-bond donors (Lipinski definition) is 1. The smallest absolute Gasteiger partial charge is 0.0672 e. The van der Waals surface area contributed by atoms with Crippen molar-refractivity contribution in [3.63, 3.8) is 0 Å². The van der Waals surface area contributed by atoms with E-state index < -0.39 is 0 Å². The van der Waals surface area contributed by atoms with Crippen molar-refractivity contribution in [2.75, 3.05) is 0 Å². The first-order chi connectivity index (χ1) is 7.59. The quantitative estimate of drug-likeness (QED) is 0.866. The molecule has 1 nitrogen and oxygen atoms in total. The zero-order valence-corrected chi connectivity index (χ0v) is 11.9. The maximum atomic E-state index is 6.21. The second kappa shape index (κ2) is 4.88. The molecule has 0 aliphatic carbocycles. The van der Waals surface area contributed by atoms with Crippen LogP contribution in [0, 0.1) is 6.92 Å². The Kier molecular flexibility index (Phi) is 3.70. The second-order valence-electron chi connectivity index (χ2n) is 3.64. The molecular formula is C12H11BrClNS. The summed E-state index contributed by atoms with van der Waals surface area (Å²) in [6, 6.07) is 7.88. The standard InChI is InChI=1S/C12H11BrClNS/c1-7-2-3-8(9(13)6-7)11(15)12-10(14)4-5-16-12/h2-6,11H,15H2,1H3. The fourth-order valence-corrected chi connectivity index (χ4v) is 3.49. The summed E-state index contributed by atoms with van der Waals surface area (Å²) in [5.41, 5.74) is 8.48. The van der Waals surface area contributed by atoms with Crippen molar-refractivity contribution in [3.8, 4) is 0 Å². The zero-order valence-electron chi connectivity index (χ0n) is 8.71. The molecule has 0 aliphatic rings. The zero-order chi connectivity index (χ0) is 11.7. The Labute approximate surface area is 112 Å². The van der Waals surface area contributed by atoms with Crippen molar-refractivity contribution in [1.82, 2.24) is 0 Å². The second-order valence-corrected chi connectivity index (χ2v) is 5.84. The summed E-state index contributed by atoms with van der Waals surface area (Å²) in [6.45, 7) is 2.05. The Morgan fingerprint density at radius 2 is 2.12 bits per heavy atom. The minimum Gasteiger partial charge on any atom is -0.320 e. The molecule has 2 aromatic rings. The molecule has 4 heteroatoms. The maximum absolute atomic E-state index is 6.21. The summed E-state index contributed by atoms with van der Waals surface area (Å²) >= 11 is 11.2. The van der Waals surface area contributed by atoms with Crippen molar-refractivity contribution in [2.24, 2.45) is 5.73 Å². The van der Waals surface area contributed by atoms with Gasteiger partial charge in [0.2, 0.25) is 0 Å². The van der Waals surface area contributed by atoms with E-state index in [1.54, 1.807) is 11.3 Å². The van der Waals surface area contributed by atoms with Crippen LogP contribution >= 0.6 is 38.9 Å². The third-order valence-corrected chi connectivity index (χ3v) is 4.55. The van der Waals surface area contributed by atoms with Crippen LogP contribution < -0.4 is 5.73 Å². The SMILES string of the molecule is Cc1ccc(C(N)c2sccc2Cl)c(Br)c1. The Morgan fingerprint density at radius 3 is 2.69 bits per heavy atom. The van der Waals surface area contributed by atoms with Crippen LogP contribution in [0.1, 0.15) is 22.0 Å². The van der Waals surface area contributed by atoms with Gasteiger partial charge in [-0.1, -0.05) is 39.7 Å². The number of hydrogen-bond acceptors (Lipinski definition) is 2. The topological polar surface area (TPSA) is 26.0 Å². The van der Waals surface area contributed by atoms with Gasteiger partial charge in [-0.3, -0.25) is 0 Å². The molecule has 0 saturated carbocycles. The van der Waals surface area contributed by atoms with Crippen LogP contribution in [-0.4, -0.2) is 0 Å². The molecule has 0 amide bonds. The molecule has 2 N–H and O–H groups in total. The number of rotatable bonds is 2. The first-order valence-electron chi connectivity index (χ1n) is 4.84. The Balaban J connectivity index is 2.41. The van der Waals surface area contributed by atoms with Crippen molar-refractivity contribution in [2.45, 2.75) is 13.0 Å². The van der Waals surface area contributed by atoms with Crippen LogP contribution in [0.25, 0.3) is 0 Å². The highest BCUT2D eigenvalue weighted by Gasteiger charge is 2.16. The summed E-state index contributed by atoms with van der Waals surface area (Å²) in [5.74, 6) is 0. The Bertz CT molecular complexity index is 509. The van der Waals surface area contributed by atoms with Gasteiger partial charge in [-0.15, -0.1) is 11.3 Å². The van der Waals surface area contributed by atoms with Crippen LogP contribution in [0.15, 0.2) is 34.1 Å². The van der Waals surface area contributed by atoms with Gasteiger partial charge < -0.3 is 5.73 Å². The highest BCUT2D eigenvalue weighted by Crippen LogP contribution is 2.34. The molecule has 84 valence electrons. The van der Waals surface area contributed by atoms with E-state index in [2.05, 4.69) is 35.0 Å². The van der Waals surface area contributed by atoms with Crippen molar-refractivity contribution >= 4 is 38.9 Å². The Morgan fingerprint density at radius 1 is 1.38 bits per heavy atom. The van der Waals surface area contributed by atoms with E-state index in [4.69, 9.17) is 17.3 Å². The average molecular weight is 317 g/mol. The lowest BCUT2D eigenvalue weighted by molar-refractivity contribution is 0.886. The molecule has 1 aromatic carbocycles. The van der Waals surface area contributed by atoms with Gasteiger partial charge in [-0.25, -0.2) is 0 Å². The van der Waals surface area contributed by atoms with Gasteiger partial charge in [0, 0.05) is 9.35 Å². The largest absolute Gasteiger partial charge is 0.320 e. The van der Waals surface area contributed by atoms with Crippen LogP contribution in [0.3, 0.4) is 0 Å². The predicted octanol–water partition coefficient (Wildman–Crippen LogP) is 4.52. The van der Waals surface area contributed by atoms with Crippen LogP contribution in [0.5, 0.6) is 0 Å². The van der Waals surface area contributed by atoms with Crippen molar-refractivity contribution in [1.29, 1.82) is 0 Å². The molecular weight excluding hydrogens is 306 g/mol. The lowest BCUT2D eigenvalue weighted by Gasteiger charge is -2.13. The van der Waals surface area contributed by atoms with E-state index in [0.29, 0.717) is 0 Å². The summed E-state index contributed by atoms with van der Waals surface area (Å²) in [7, 11) is 0. The van der Waals surface area contributed by atoms with Crippen molar-refractivity contribution in [3.05, 3.63) is 55.1 Å². The average Bonchev–Trinajstić information content (AvgIpc) is 2.63. The van der Waals surface area contributed by atoms with Crippen LogP contribution in [0.4, 0.5) is 0 Å². The van der Waals surface area contributed by atoms with Gasteiger partial charge in [-0.05, 0) is 35.6 Å². The number of thiophene rings is 1. The summed E-state index contributed by atoms with van der Waals surface area (Å²) in [4.78, 5) is 1.01. The molecule has 1 aromatic heterocycles. The first-order valence-corrected chi connectivity index (χ1v) is 6.89. The van der Waals surface area contributed by atoms with Gasteiger partial charge >= 0.3 is 0 Å². The lowest BCUT2D eigenvalue weighted by Crippen LogP contribution is -2.11. The van der Waals surface area contributed by atoms with Gasteiger partial charge in [0.25, 0.3) is 0 Å². The van der Waals surface area contributed by atoms with Crippen LogP contribution in [0.2, 0.25) is 5.02 Å². The number of halogens is 2. The van der Waals surface area contributed by atoms with Crippen LogP contribution in [-0.2, 0) is 0 Å². The molecule has 1 unspecified atom stereocenters. The number of nitrogens with two attached hydrogens (primary N) is 1. The summed E-state index contributed by atoms with van der Waals surface area (Å²) in [6.07, 6.45) is 0. The third-order valence-electron chi connectivity index (χ3n) is 2.42. The minimum atomic E-state index is -0.164. The van der Waals surface area contributed by atoms with Gasteiger partial charge in [0.1, 0.15) is 0 Å². The number of benzene rings is 1. The third kappa shape index (κ3) is 2.33. The van der Waals surface area contributed by atoms with E-state index in [0.717, 1.165) is 19.9 Å².